The molecule has 0 aliphatic carbocycles. The van der Waals surface area contributed by atoms with Crippen molar-refractivity contribution in [1.82, 2.24) is 35.0 Å². The van der Waals surface area contributed by atoms with E-state index in [4.69, 9.17) is 0 Å². The highest BCUT2D eigenvalue weighted by molar-refractivity contribution is 6.00. The molecule has 0 saturated carbocycles. The first kappa shape index (κ1) is 22.4. The van der Waals surface area contributed by atoms with Crippen LogP contribution in [0.2, 0.25) is 0 Å². The number of fused-ring (bicyclic) bond motifs is 2. The number of nitrogens with one attached hydrogen (secondary N) is 2. The van der Waals surface area contributed by atoms with Gasteiger partial charge in [0.05, 0.1) is 28.8 Å². The summed E-state index contributed by atoms with van der Waals surface area (Å²) in [5.41, 5.74) is 8.54. The number of aromatic nitrogens is 6. The predicted molar refractivity (Wildman–Crippen MR) is 143 cm³/mol. The zero-order chi connectivity index (χ0) is 24.4. The summed E-state index contributed by atoms with van der Waals surface area (Å²) in [6, 6.07) is 10.1. The van der Waals surface area contributed by atoms with E-state index in [0.717, 1.165) is 67.8 Å². The van der Waals surface area contributed by atoms with Crippen LogP contribution >= 0.6 is 0 Å². The standard InChI is InChI=1S/C28H27N7/c1-5-18(17-35(3)4)12-19(6-2)24-13-22-26(16-31-24)33-34-28(22)25-14-21-23(32-25)9-11-30-27(21)20-8-7-10-29-15-20/h5-16,32H,1,17H2,2-4H3,(H,33,34)/b18-12+,19-6+. The monoisotopic (exact) mass is 461 g/mol. The minimum absolute atomic E-state index is 0.808. The molecule has 35 heavy (non-hydrogen) atoms. The molecule has 0 radical (unpaired) electrons. The normalized spacial score (nSPS) is 12.7. The van der Waals surface area contributed by atoms with Crippen molar-refractivity contribution < 1.29 is 0 Å². The van der Waals surface area contributed by atoms with Crippen LogP contribution in [0.3, 0.4) is 0 Å². The maximum atomic E-state index is 4.69. The number of hydrogen-bond acceptors (Lipinski definition) is 5. The van der Waals surface area contributed by atoms with Gasteiger partial charge >= 0.3 is 0 Å². The van der Waals surface area contributed by atoms with Gasteiger partial charge in [-0.05, 0) is 68.6 Å². The van der Waals surface area contributed by atoms with Gasteiger partial charge in [0.1, 0.15) is 5.69 Å². The Morgan fingerprint density at radius 3 is 2.63 bits per heavy atom. The third kappa shape index (κ3) is 4.41. The Balaban J connectivity index is 1.59. The van der Waals surface area contributed by atoms with Crippen molar-refractivity contribution in [3.63, 3.8) is 0 Å². The molecule has 7 nitrogen and oxygen atoms in total. The Hall–Kier alpha value is -4.36. The van der Waals surface area contributed by atoms with Crippen LogP contribution in [-0.2, 0) is 0 Å². The summed E-state index contributed by atoms with van der Waals surface area (Å²) in [6.07, 6.45) is 13.3. The molecule has 2 N–H and O–H groups in total. The van der Waals surface area contributed by atoms with Gasteiger partial charge in [0.25, 0.3) is 0 Å². The molecule has 5 aromatic heterocycles. The van der Waals surface area contributed by atoms with Crippen LogP contribution in [0.1, 0.15) is 12.6 Å². The SMILES string of the molecule is C=C/C(=C\C(=C/C)c1cc2c(-c3cc4c(-c5cccnc5)nccc4[nH]3)n[nH]c2cn1)CN(C)C. The molecular weight excluding hydrogens is 434 g/mol. The topological polar surface area (TPSA) is 86.4 Å². The number of H-pyrrole nitrogens is 2. The molecule has 5 rings (SSSR count). The third-order valence-electron chi connectivity index (χ3n) is 5.89. The number of likely N-dealkylation sites (N-methyl/N-ethyl adjacent to an activating group) is 1. The van der Waals surface area contributed by atoms with E-state index in [1.807, 2.05) is 63.9 Å². The van der Waals surface area contributed by atoms with Gasteiger partial charge in [-0.3, -0.25) is 20.1 Å². The molecule has 0 aliphatic heterocycles. The molecular formula is C28H27N7. The van der Waals surface area contributed by atoms with E-state index in [9.17, 15) is 0 Å². The number of allylic oxidation sites excluding steroid dienone is 3. The Morgan fingerprint density at radius 1 is 1.03 bits per heavy atom. The van der Waals surface area contributed by atoms with Gasteiger partial charge in [-0.25, -0.2) is 0 Å². The average molecular weight is 462 g/mol. The molecule has 0 unspecified atom stereocenters. The van der Waals surface area contributed by atoms with E-state index in [-0.39, 0.29) is 0 Å². The molecule has 7 heteroatoms. The maximum Gasteiger partial charge on any atom is 0.116 e. The van der Waals surface area contributed by atoms with Gasteiger partial charge in [-0.2, -0.15) is 5.10 Å². The van der Waals surface area contributed by atoms with Crippen molar-refractivity contribution in [2.45, 2.75) is 6.92 Å². The summed E-state index contributed by atoms with van der Waals surface area (Å²) < 4.78 is 0. The van der Waals surface area contributed by atoms with Crippen LogP contribution in [-0.4, -0.2) is 55.7 Å². The zero-order valence-corrected chi connectivity index (χ0v) is 20.1. The minimum Gasteiger partial charge on any atom is -0.353 e. The Labute approximate surface area is 204 Å². The first-order valence-electron chi connectivity index (χ1n) is 11.4. The lowest BCUT2D eigenvalue weighted by molar-refractivity contribution is 0.449. The minimum atomic E-state index is 0.808. The predicted octanol–water partition coefficient (Wildman–Crippen LogP) is 5.64. The van der Waals surface area contributed by atoms with Gasteiger partial charge in [0.15, 0.2) is 0 Å². The van der Waals surface area contributed by atoms with Crippen molar-refractivity contribution in [2.24, 2.45) is 0 Å². The highest BCUT2D eigenvalue weighted by Crippen LogP contribution is 2.33. The number of pyridine rings is 3. The van der Waals surface area contributed by atoms with E-state index in [0.29, 0.717) is 0 Å². The van der Waals surface area contributed by atoms with Gasteiger partial charge in [0.2, 0.25) is 0 Å². The lowest BCUT2D eigenvalue weighted by Crippen LogP contribution is -2.14. The summed E-state index contributed by atoms with van der Waals surface area (Å²) in [7, 11) is 4.09. The first-order chi connectivity index (χ1) is 17.1. The third-order valence-corrected chi connectivity index (χ3v) is 5.89. The number of aromatic amines is 2. The summed E-state index contributed by atoms with van der Waals surface area (Å²) in [5.74, 6) is 0. The van der Waals surface area contributed by atoms with Crippen LogP contribution in [0.4, 0.5) is 0 Å². The fourth-order valence-corrected chi connectivity index (χ4v) is 4.23. The molecule has 0 atom stereocenters. The smallest absolute Gasteiger partial charge is 0.116 e. The second-order valence-electron chi connectivity index (χ2n) is 8.64. The van der Waals surface area contributed by atoms with Crippen LogP contribution < -0.4 is 0 Å². The summed E-state index contributed by atoms with van der Waals surface area (Å²) in [6.45, 7) is 6.80. The highest BCUT2D eigenvalue weighted by Gasteiger charge is 2.15. The number of hydrogen-bond donors (Lipinski definition) is 2. The van der Waals surface area contributed by atoms with Gasteiger partial charge in [0, 0.05) is 47.0 Å². The largest absolute Gasteiger partial charge is 0.353 e. The maximum absolute atomic E-state index is 4.69. The molecule has 0 aliphatic rings. The molecule has 0 saturated heterocycles. The van der Waals surface area contributed by atoms with Crippen LogP contribution in [0.15, 0.2) is 85.5 Å². The summed E-state index contributed by atoms with van der Waals surface area (Å²) >= 11 is 0. The summed E-state index contributed by atoms with van der Waals surface area (Å²) in [5, 5.41) is 9.77. The number of nitrogens with zero attached hydrogens (tertiary/aromatic N) is 5. The second-order valence-corrected chi connectivity index (χ2v) is 8.64. The first-order valence-corrected chi connectivity index (χ1v) is 11.4. The van der Waals surface area contributed by atoms with Gasteiger partial charge in [-0.15, -0.1) is 0 Å². The zero-order valence-electron chi connectivity index (χ0n) is 20.1. The van der Waals surface area contributed by atoms with Crippen LogP contribution in [0.25, 0.3) is 50.0 Å². The Bertz CT molecular complexity index is 1570. The fraction of sp³-hybridized carbons (Fsp3) is 0.143. The molecule has 0 bridgehead atoms. The van der Waals surface area contributed by atoms with Gasteiger partial charge < -0.3 is 9.88 Å². The summed E-state index contributed by atoms with van der Waals surface area (Å²) in [4.78, 5) is 19.2. The van der Waals surface area contributed by atoms with Crippen molar-refractivity contribution >= 4 is 27.4 Å². The van der Waals surface area contributed by atoms with Crippen molar-refractivity contribution in [3.05, 3.63) is 91.2 Å². The highest BCUT2D eigenvalue weighted by atomic mass is 15.1. The second kappa shape index (κ2) is 9.48. The molecule has 5 aromatic rings. The van der Waals surface area contributed by atoms with E-state index >= 15 is 0 Å². The molecule has 0 amide bonds. The molecule has 0 spiro atoms. The molecule has 5 heterocycles. The van der Waals surface area contributed by atoms with E-state index in [1.54, 1.807) is 6.20 Å². The van der Waals surface area contributed by atoms with Crippen LogP contribution in [0.5, 0.6) is 0 Å². The van der Waals surface area contributed by atoms with E-state index in [2.05, 4.69) is 65.9 Å². The van der Waals surface area contributed by atoms with Crippen molar-refractivity contribution in [1.29, 1.82) is 0 Å². The Kier molecular flexibility index (Phi) is 6.08. The van der Waals surface area contributed by atoms with E-state index in [1.165, 1.54) is 0 Å². The van der Waals surface area contributed by atoms with E-state index < -0.39 is 0 Å². The number of rotatable bonds is 7. The quantitative estimate of drug-likeness (QED) is 0.306. The van der Waals surface area contributed by atoms with Crippen molar-refractivity contribution in [3.8, 4) is 22.6 Å². The van der Waals surface area contributed by atoms with Crippen molar-refractivity contribution in [2.75, 3.05) is 20.6 Å². The molecule has 174 valence electrons. The lowest BCUT2D eigenvalue weighted by Gasteiger charge is -2.11. The fourth-order valence-electron chi connectivity index (χ4n) is 4.23. The molecule has 0 fully saturated rings. The van der Waals surface area contributed by atoms with Gasteiger partial charge in [-0.1, -0.05) is 18.7 Å². The molecule has 0 aromatic carbocycles. The average Bonchev–Trinajstić information content (AvgIpc) is 3.50. The van der Waals surface area contributed by atoms with Crippen LogP contribution in [0, 0.1) is 0 Å². The Morgan fingerprint density at radius 2 is 1.89 bits per heavy atom. The lowest BCUT2D eigenvalue weighted by atomic mass is 10.0.